The topological polar surface area (TPSA) is 82.1 Å². The summed E-state index contributed by atoms with van der Waals surface area (Å²) in [6.45, 7) is 6.44. The van der Waals surface area contributed by atoms with E-state index in [2.05, 4.69) is 25.8 Å². The fourth-order valence-corrected chi connectivity index (χ4v) is 3.46. The SMILES string of the molecule is CCCCCC(CC(C)C)N(C)C(=O)n1cnc2c1c(=O)n(C)c(=O)n2C. The Kier molecular flexibility index (Phi) is 6.62. The van der Waals surface area contributed by atoms with Gasteiger partial charge in [-0.3, -0.25) is 13.9 Å². The first-order valence-corrected chi connectivity index (χ1v) is 9.60. The predicted octanol–water partition coefficient (Wildman–Crippen LogP) is 2.33. The van der Waals surface area contributed by atoms with E-state index in [1.807, 2.05) is 0 Å². The summed E-state index contributed by atoms with van der Waals surface area (Å²) < 4.78 is 3.55. The van der Waals surface area contributed by atoms with Crippen molar-refractivity contribution in [3.63, 3.8) is 0 Å². The Hall–Kier alpha value is -2.38. The summed E-state index contributed by atoms with van der Waals surface area (Å²) in [6, 6.07) is -0.201. The van der Waals surface area contributed by atoms with Crippen molar-refractivity contribution in [2.75, 3.05) is 7.05 Å². The number of fused-ring (bicyclic) bond motifs is 1. The molecule has 0 aliphatic carbocycles. The molecule has 0 fully saturated rings. The zero-order valence-electron chi connectivity index (χ0n) is 17.2. The highest BCUT2D eigenvalue weighted by Crippen LogP contribution is 2.19. The standard InChI is InChI=1S/C19H31N5O3/c1-7-8-9-10-14(11-13(2)3)21(4)19(27)24-12-20-16-15(24)17(25)23(6)18(26)22(16)5/h12-14H,7-11H2,1-6H3. The summed E-state index contributed by atoms with van der Waals surface area (Å²) >= 11 is 0. The highest BCUT2D eigenvalue weighted by Gasteiger charge is 2.25. The number of rotatable bonds is 7. The van der Waals surface area contributed by atoms with Crippen molar-refractivity contribution in [1.29, 1.82) is 0 Å². The quantitative estimate of drug-likeness (QED) is 0.694. The normalized spacial score (nSPS) is 12.7. The Bertz CT molecular complexity index is 922. The highest BCUT2D eigenvalue weighted by atomic mass is 16.2. The molecule has 150 valence electrons. The molecule has 8 nitrogen and oxygen atoms in total. The average Bonchev–Trinajstić information content (AvgIpc) is 3.07. The van der Waals surface area contributed by atoms with E-state index < -0.39 is 11.2 Å². The van der Waals surface area contributed by atoms with Gasteiger partial charge >= 0.3 is 11.7 Å². The molecule has 2 aromatic heterocycles. The van der Waals surface area contributed by atoms with Crippen molar-refractivity contribution >= 4 is 17.2 Å². The van der Waals surface area contributed by atoms with E-state index in [0.29, 0.717) is 5.92 Å². The summed E-state index contributed by atoms with van der Waals surface area (Å²) in [7, 11) is 4.73. The third-order valence-corrected chi connectivity index (χ3v) is 5.09. The van der Waals surface area contributed by atoms with Crippen molar-refractivity contribution in [2.24, 2.45) is 20.0 Å². The van der Waals surface area contributed by atoms with Gasteiger partial charge in [0.15, 0.2) is 11.2 Å². The summed E-state index contributed by atoms with van der Waals surface area (Å²) in [6.07, 6.45) is 6.48. The second kappa shape index (κ2) is 8.54. The fourth-order valence-electron chi connectivity index (χ4n) is 3.46. The van der Waals surface area contributed by atoms with E-state index in [1.165, 1.54) is 22.5 Å². The number of hydrogen-bond acceptors (Lipinski definition) is 4. The first-order valence-electron chi connectivity index (χ1n) is 9.60. The monoisotopic (exact) mass is 377 g/mol. The lowest BCUT2D eigenvalue weighted by Gasteiger charge is -2.29. The number of imidazole rings is 1. The van der Waals surface area contributed by atoms with Crippen LogP contribution in [-0.4, -0.2) is 42.7 Å². The van der Waals surface area contributed by atoms with Gasteiger partial charge in [-0.1, -0.05) is 40.0 Å². The lowest BCUT2D eigenvalue weighted by molar-refractivity contribution is 0.178. The van der Waals surface area contributed by atoms with Crippen molar-refractivity contribution in [1.82, 2.24) is 23.6 Å². The number of aromatic nitrogens is 4. The van der Waals surface area contributed by atoms with Gasteiger partial charge in [0.05, 0.1) is 0 Å². The van der Waals surface area contributed by atoms with Gasteiger partial charge < -0.3 is 4.90 Å². The molecule has 0 aromatic carbocycles. The molecular formula is C19H31N5O3. The molecule has 1 unspecified atom stereocenters. The van der Waals surface area contributed by atoms with E-state index in [1.54, 1.807) is 19.0 Å². The second-order valence-corrected chi connectivity index (χ2v) is 7.67. The van der Waals surface area contributed by atoms with Crippen LogP contribution in [0.4, 0.5) is 4.79 Å². The van der Waals surface area contributed by atoms with E-state index in [9.17, 15) is 14.4 Å². The first kappa shape index (κ1) is 20.9. The van der Waals surface area contributed by atoms with Crippen LogP contribution in [0.5, 0.6) is 0 Å². The Balaban J connectivity index is 2.43. The Morgan fingerprint density at radius 1 is 1.19 bits per heavy atom. The summed E-state index contributed by atoms with van der Waals surface area (Å²) in [5.74, 6) is 0.458. The van der Waals surface area contributed by atoms with Crippen molar-refractivity contribution in [2.45, 2.75) is 58.9 Å². The van der Waals surface area contributed by atoms with Crippen LogP contribution in [0.15, 0.2) is 15.9 Å². The molecule has 27 heavy (non-hydrogen) atoms. The predicted molar refractivity (Wildman–Crippen MR) is 106 cm³/mol. The zero-order chi connectivity index (χ0) is 20.3. The maximum absolute atomic E-state index is 13.1. The molecule has 2 rings (SSSR count). The molecule has 8 heteroatoms. The van der Waals surface area contributed by atoms with Gasteiger partial charge in [-0.2, -0.15) is 0 Å². The van der Waals surface area contributed by atoms with Crippen molar-refractivity contribution in [3.05, 3.63) is 27.2 Å². The molecule has 2 heterocycles. The van der Waals surface area contributed by atoms with Gasteiger partial charge in [0, 0.05) is 27.2 Å². The first-order chi connectivity index (χ1) is 12.7. The van der Waals surface area contributed by atoms with Crippen LogP contribution in [0, 0.1) is 5.92 Å². The minimum atomic E-state index is -0.515. The number of unbranched alkanes of at least 4 members (excludes halogenated alkanes) is 2. The van der Waals surface area contributed by atoms with Gasteiger partial charge in [-0.15, -0.1) is 0 Å². The Morgan fingerprint density at radius 2 is 1.85 bits per heavy atom. The summed E-state index contributed by atoms with van der Waals surface area (Å²) in [5.41, 5.74) is -0.626. The lowest BCUT2D eigenvalue weighted by atomic mass is 9.97. The zero-order valence-corrected chi connectivity index (χ0v) is 17.2. The number of amides is 1. The third kappa shape index (κ3) is 4.14. The molecular weight excluding hydrogens is 346 g/mol. The van der Waals surface area contributed by atoms with Crippen LogP contribution in [0.2, 0.25) is 0 Å². The van der Waals surface area contributed by atoms with Gasteiger partial charge in [-0.25, -0.2) is 19.1 Å². The van der Waals surface area contributed by atoms with E-state index >= 15 is 0 Å². The van der Waals surface area contributed by atoms with E-state index in [4.69, 9.17) is 0 Å². The van der Waals surface area contributed by atoms with Crippen molar-refractivity contribution in [3.8, 4) is 0 Å². The van der Waals surface area contributed by atoms with Crippen LogP contribution >= 0.6 is 0 Å². The van der Waals surface area contributed by atoms with Crippen LogP contribution in [-0.2, 0) is 14.1 Å². The average molecular weight is 377 g/mol. The minimum Gasteiger partial charge on any atom is -0.324 e. The summed E-state index contributed by atoms with van der Waals surface area (Å²) in [4.78, 5) is 43.7. The molecule has 1 atom stereocenters. The number of nitrogens with zero attached hydrogens (tertiary/aromatic N) is 5. The van der Waals surface area contributed by atoms with Gasteiger partial charge in [0.2, 0.25) is 0 Å². The number of carbonyl (C=O) groups excluding carboxylic acids is 1. The number of hydrogen-bond donors (Lipinski definition) is 0. The largest absolute Gasteiger partial charge is 0.332 e. The maximum atomic E-state index is 13.1. The summed E-state index contributed by atoms with van der Waals surface area (Å²) in [5, 5.41) is 0. The highest BCUT2D eigenvalue weighted by molar-refractivity contribution is 5.87. The van der Waals surface area contributed by atoms with Gasteiger partial charge in [0.1, 0.15) is 6.33 Å². The Morgan fingerprint density at radius 3 is 2.44 bits per heavy atom. The molecule has 0 saturated carbocycles. The van der Waals surface area contributed by atoms with E-state index in [-0.39, 0.29) is 23.2 Å². The minimum absolute atomic E-state index is 0.0953. The van der Waals surface area contributed by atoms with Crippen LogP contribution < -0.4 is 11.2 Å². The molecule has 2 aromatic rings. The molecule has 1 amide bonds. The molecule has 0 radical (unpaired) electrons. The lowest BCUT2D eigenvalue weighted by Crippen LogP contribution is -2.42. The number of aryl methyl sites for hydroxylation is 1. The second-order valence-electron chi connectivity index (χ2n) is 7.67. The van der Waals surface area contributed by atoms with Gasteiger partial charge in [0.25, 0.3) is 5.56 Å². The van der Waals surface area contributed by atoms with Crippen LogP contribution in [0.1, 0.15) is 52.9 Å². The van der Waals surface area contributed by atoms with Crippen LogP contribution in [0.25, 0.3) is 11.2 Å². The Labute approximate surface area is 159 Å². The molecule has 0 aliphatic rings. The smallest absolute Gasteiger partial charge is 0.324 e. The molecule has 0 bridgehead atoms. The number of carbonyl (C=O) groups is 1. The maximum Gasteiger partial charge on any atom is 0.332 e. The molecule has 0 saturated heterocycles. The van der Waals surface area contributed by atoms with Crippen molar-refractivity contribution < 1.29 is 4.79 Å². The molecule has 0 spiro atoms. The molecule has 0 aliphatic heterocycles. The van der Waals surface area contributed by atoms with E-state index in [0.717, 1.165) is 36.7 Å². The third-order valence-electron chi connectivity index (χ3n) is 5.09. The molecule has 0 N–H and O–H groups in total. The van der Waals surface area contributed by atoms with Gasteiger partial charge in [-0.05, 0) is 18.8 Å². The fraction of sp³-hybridized carbons (Fsp3) is 0.684. The van der Waals surface area contributed by atoms with Crippen LogP contribution in [0.3, 0.4) is 0 Å².